The van der Waals surface area contributed by atoms with E-state index in [1.165, 1.54) is 6.33 Å². The first-order valence-electron chi connectivity index (χ1n) is 12.5. The van der Waals surface area contributed by atoms with Gasteiger partial charge in [-0.25, -0.2) is 9.97 Å². The van der Waals surface area contributed by atoms with E-state index in [1.54, 1.807) is 30.5 Å². The predicted octanol–water partition coefficient (Wildman–Crippen LogP) is 4.17. The summed E-state index contributed by atoms with van der Waals surface area (Å²) < 4.78 is 11.1. The summed E-state index contributed by atoms with van der Waals surface area (Å²) in [6.07, 6.45) is 5.83. The van der Waals surface area contributed by atoms with Gasteiger partial charge < -0.3 is 24.7 Å². The van der Waals surface area contributed by atoms with E-state index in [9.17, 15) is 9.59 Å². The van der Waals surface area contributed by atoms with Crippen molar-refractivity contribution in [2.24, 2.45) is 0 Å². The van der Waals surface area contributed by atoms with E-state index in [2.05, 4.69) is 20.3 Å². The van der Waals surface area contributed by atoms with Crippen LogP contribution in [0.3, 0.4) is 0 Å². The van der Waals surface area contributed by atoms with Crippen LogP contribution in [0, 0.1) is 0 Å². The first kappa shape index (κ1) is 23.2. The van der Waals surface area contributed by atoms with Crippen molar-refractivity contribution in [1.29, 1.82) is 0 Å². The molecule has 0 aliphatic carbocycles. The van der Waals surface area contributed by atoms with Gasteiger partial charge >= 0.3 is 0 Å². The number of aromatic nitrogens is 3. The number of hydrogen-bond acceptors (Lipinski definition) is 7. The molecule has 188 valence electrons. The van der Waals surface area contributed by atoms with Crippen LogP contribution in [0.2, 0.25) is 0 Å². The van der Waals surface area contributed by atoms with Gasteiger partial charge in [0.05, 0.1) is 17.6 Å². The molecular weight excluding hydrogens is 470 g/mol. The van der Waals surface area contributed by atoms with Crippen LogP contribution >= 0.6 is 0 Å². The Kier molecular flexibility index (Phi) is 6.28. The number of benzene rings is 2. The average molecular weight is 498 g/mol. The van der Waals surface area contributed by atoms with E-state index in [4.69, 9.17) is 9.47 Å². The van der Waals surface area contributed by atoms with E-state index in [0.717, 1.165) is 31.6 Å². The molecule has 2 aromatic heterocycles. The summed E-state index contributed by atoms with van der Waals surface area (Å²) in [5.74, 6) is 1.87. The second kappa shape index (κ2) is 10.0. The van der Waals surface area contributed by atoms with Crippen LogP contribution in [-0.4, -0.2) is 63.4 Å². The maximum atomic E-state index is 13.5. The van der Waals surface area contributed by atoms with Crippen molar-refractivity contribution in [2.75, 3.05) is 25.0 Å². The number of nitrogens with zero attached hydrogens (tertiary/aromatic N) is 3. The number of amides is 1. The maximum absolute atomic E-state index is 13.5. The fourth-order valence-electron chi connectivity index (χ4n) is 4.82. The maximum Gasteiger partial charge on any atom is 0.254 e. The highest BCUT2D eigenvalue weighted by Gasteiger charge is 2.38. The minimum Gasteiger partial charge on any atom is -0.457 e. The Hall–Kier alpha value is -4.24. The molecule has 2 unspecified atom stereocenters. The average Bonchev–Trinajstić information content (AvgIpc) is 3.71. The molecule has 2 saturated heterocycles. The standard InChI is InChI=1S/C28H27N5O4/c34-25(18-9-11-21(12-10-18)37-20-7-2-1-3-8-20)22-15-30-27-24(22)26(31-17-32-27)29-14-19-6-4-5-13-33(19)28(35)23-16-36-23/h1-3,7-12,15,17,19,23H,4-6,13-14,16H2,(H2,29,30,31,32). The SMILES string of the molecule is O=C(c1ccc(Oc2ccccc2)cc1)c1c[nH]c2ncnc(NCC3CCCCN3C(=O)C3CO3)c12. The van der Waals surface area contributed by atoms with Crippen LogP contribution in [0.15, 0.2) is 67.1 Å². The van der Waals surface area contributed by atoms with E-state index in [-0.39, 0.29) is 23.8 Å². The highest BCUT2D eigenvalue weighted by Crippen LogP contribution is 2.28. The monoisotopic (exact) mass is 497 g/mol. The first-order chi connectivity index (χ1) is 18.2. The fraction of sp³-hybridized carbons (Fsp3) is 0.286. The van der Waals surface area contributed by atoms with Crippen molar-refractivity contribution in [1.82, 2.24) is 19.9 Å². The number of hydrogen-bond donors (Lipinski definition) is 2. The number of likely N-dealkylation sites (tertiary alicyclic amines) is 1. The Morgan fingerprint density at radius 2 is 1.84 bits per heavy atom. The van der Waals surface area contributed by atoms with Crippen LogP contribution in [0.25, 0.3) is 11.0 Å². The molecule has 2 N–H and O–H groups in total. The van der Waals surface area contributed by atoms with Gasteiger partial charge in [0.1, 0.15) is 29.3 Å². The zero-order valence-corrected chi connectivity index (χ0v) is 20.2. The molecule has 2 aromatic carbocycles. The van der Waals surface area contributed by atoms with Crippen LogP contribution < -0.4 is 10.1 Å². The van der Waals surface area contributed by atoms with Crippen molar-refractivity contribution in [3.8, 4) is 11.5 Å². The Bertz CT molecular complexity index is 1420. The number of ketones is 1. The zero-order valence-electron chi connectivity index (χ0n) is 20.2. The third kappa shape index (κ3) is 4.90. The van der Waals surface area contributed by atoms with Crippen molar-refractivity contribution in [3.05, 3.63) is 78.2 Å². The molecule has 9 heteroatoms. The topological polar surface area (TPSA) is 113 Å². The molecule has 2 aliphatic rings. The van der Waals surface area contributed by atoms with Gasteiger partial charge in [-0.2, -0.15) is 0 Å². The number of para-hydroxylation sites is 1. The number of nitrogens with one attached hydrogen (secondary N) is 2. The Balaban J connectivity index is 1.20. The fourth-order valence-corrected chi connectivity index (χ4v) is 4.82. The molecule has 37 heavy (non-hydrogen) atoms. The van der Waals surface area contributed by atoms with Gasteiger partial charge in [0.15, 0.2) is 11.9 Å². The molecule has 0 saturated carbocycles. The lowest BCUT2D eigenvalue weighted by Gasteiger charge is -2.35. The van der Waals surface area contributed by atoms with Crippen molar-refractivity contribution >= 4 is 28.5 Å². The molecular formula is C28H27N5O4. The summed E-state index contributed by atoms with van der Waals surface area (Å²) in [5, 5.41) is 4.03. The summed E-state index contributed by atoms with van der Waals surface area (Å²) in [6, 6.07) is 16.6. The third-order valence-corrected chi connectivity index (χ3v) is 6.83. The summed E-state index contributed by atoms with van der Waals surface area (Å²) in [7, 11) is 0. The quantitative estimate of drug-likeness (QED) is 0.277. The van der Waals surface area contributed by atoms with Crippen LogP contribution in [0.1, 0.15) is 35.2 Å². The van der Waals surface area contributed by atoms with Gasteiger partial charge in [0, 0.05) is 30.9 Å². The minimum absolute atomic E-state index is 0.0470. The van der Waals surface area contributed by atoms with Gasteiger partial charge in [-0.3, -0.25) is 9.59 Å². The number of rotatable bonds is 8. The second-order valence-electron chi connectivity index (χ2n) is 9.30. The first-order valence-corrected chi connectivity index (χ1v) is 12.5. The van der Waals surface area contributed by atoms with Crippen LogP contribution in [-0.2, 0) is 9.53 Å². The largest absolute Gasteiger partial charge is 0.457 e. The molecule has 2 atom stereocenters. The molecule has 1 amide bonds. The van der Waals surface area contributed by atoms with Gasteiger partial charge in [0.25, 0.3) is 5.91 Å². The molecule has 4 aromatic rings. The third-order valence-electron chi connectivity index (χ3n) is 6.83. The number of ether oxygens (including phenoxy) is 2. The van der Waals surface area contributed by atoms with Gasteiger partial charge in [-0.05, 0) is 55.7 Å². The van der Waals surface area contributed by atoms with E-state index >= 15 is 0 Å². The lowest BCUT2D eigenvalue weighted by molar-refractivity contribution is -0.135. The van der Waals surface area contributed by atoms with Crippen LogP contribution in [0.4, 0.5) is 5.82 Å². The molecule has 9 nitrogen and oxygen atoms in total. The van der Waals surface area contributed by atoms with E-state index < -0.39 is 0 Å². The summed E-state index contributed by atoms with van der Waals surface area (Å²) >= 11 is 0. The number of aromatic amines is 1. The number of piperidine rings is 1. The van der Waals surface area contributed by atoms with Crippen molar-refractivity contribution < 1.29 is 19.1 Å². The Morgan fingerprint density at radius 1 is 1.05 bits per heavy atom. The Morgan fingerprint density at radius 3 is 2.62 bits per heavy atom. The molecule has 2 fully saturated rings. The summed E-state index contributed by atoms with van der Waals surface area (Å²) in [4.78, 5) is 39.9. The summed E-state index contributed by atoms with van der Waals surface area (Å²) in [6.45, 7) is 1.78. The van der Waals surface area contributed by atoms with Gasteiger partial charge in [-0.15, -0.1) is 0 Å². The lowest BCUT2D eigenvalue weighted by atomic mass is 10.0. The van der Waals surface area contributed by atoms with Gasteiger partial charge in [-0.1, -0.05) is 18.2 Å². The minimum atomic E-state index is -0.287. The predicted molar refractivity (Wildman–Crippen MR) is 138 cm³/mol. The summed E-state index contributed by atoms with van der Waals surface area (Å²) in [5.41, 5.74) is 1.59. The zero-order chi connectivity index (χ0) is 25.2. The number of carbonyl (C=O) groups is 2. The second-order valence-corrected chi connectivity index (χ2v) is 9.30. The van der Waals surface area contributed by atoms with E-state index in [0.29, 0.717) is 46.9 Å². The van der Waals surface area contributed by atoms with Crippen LogP contribution in [0.5, 0.6) is 11.5 Å². The number of fused-ring (bicyclic) bond motifs is 1. The number of H-pyrrole nitrogens is 1. The molecule has 0 spiro atoms. The number of carbonyl (C=O) groups excluding carboxylic acids is 2. The normalized spacial score (nSPS) is 19.0. The molecule has 2 aliphatic heterocycles. The number of anilines is 1. The highest BCUT2D eigenvalue weighted by atomic mass is 16.6. The van der Waals surface area contributed by atoms with Crippen molar-refractivity contribution in [3.63, 3.8) is 0 Å². The number of epoxide rings is 1. The highest BCUT2D eigenvalue weighted by molar-refractivity contribution is 6.18. The van der Waals surface area contributed by atoms with E-state index in [1.807, 2.05) is 35.2 Å². The molecule has 6 rings (SSSR count). The molecule has 4 heterocycles. The molecule has 0 radical (unpaired) electrons. The Labute approximate surface area is 213 Å². The lowest BCUT2D eigenvalue weighted by Crippen LogP contribution is -2.48. The molecule has 0 bridgehead atoms. The van der Waals surface area contributed by atoms with Gasteiger partial charge in [0.2, 0.25) is 0 Å². The smallest absolute Gasteiger partial charge is 0.254 e. The van der Waals surface area contributed by atoms with Crippen molar-refractivity contribution in [2.45, 2.75) is 31.4 Å².